The smallest absolute Gasteiger partial charge is 0.223 e. The topological polar surface area (TPSA) is 74.8 Å². The molecule has 1 rings (SSSR count). The summed E-state index contributed by atoms with van der Waals surface area (Å²) in [5, 5.41) is 9.28. The molecule has 20 heavy (non-hydrogen) atoms. The number of nitrogens with zero attached hydrogens (tertiary/aromatic N) is 1. The molecule has 0 aromatic heterocycles. The Morgan fingerprint density at radius 1 is 1.25 bits per heavy atom. The Bertz CT molecular complexity index is 296. The summed E-state index contributed by atoms with van der Waals surface area (Å²) in [5.74, 6) is 1.25. The van der Waals surface area contributed by atoms with Gasteiger partial charge in [0.1, 0.15) is 0 Å². The van der Waals surface area contributed by atoms with Gasteiger partial charge in [-0.25, -0.2) is 0 Å². The number of guanidine groups is 1. The van der Waals surface area contributed by atoms with Crippen LogP contribution in [0, 0.1) is 5.92 Å². The number of rotatable bonds is 9. The minimum atomic E-state index is 0. The fraction of sp³-hybridized carbons (Fsp3) is 0.846. The zero-order valence-electron chi connectivity index (χ0n) is 12.4. The Morgan fingerprint density at radius 3 is 2.55 bits per heavy atom. The summed E-state index contributed by atoms with van der Waals surface area (Å²) in [6, 6.07) is 0. The molecule has 0 atom stereocenters. The van der Waals surface area contributed by atoms with Crippen LogP contribution in [-0.4, -0.2) is 51.8 Å². The number of hydrogen-bond donors (Lipinski definition) is 3. The number of aliphatic imine (C=N–C) groups is 1. The van der Waals surface area contributed by atoms with Gasteiger partial charge in [0.2, 0.25) is 5.91 Å². The van der Waals surface area contributed by atoms with Crippen molar-refractivity contribution in [1.82, 2.24) is 16.0 Å². The maximum atomic E-state index is 11.4. The second kappa shape index (κ2) is 12.2. The van der Waals surface area contributed by atoms with E-state index in [1.54, 1.807) is 7.11 Å². The minimum Gasteiger partial charge on any atom is -0.385 e. The Labute approximate surface area is 138 Å². The monoisotopic (exact) mass is 398 g/mol. The zero-order valence-corrected chi connectivity index (χ0v) is 14.7. The molecule has 0 aliphatic heterocycles. The highest BCUT2D eigenvalue weighted by Crippen LogP contribution is 2.28. The predicted molar refractivity (Wildman–Crippen MR) is 91.6 cm³/mol. The number of carbonyl (C=O) groups is 1. The quantitative estimate of drug-likeness (QED) is 0.232. The van der Waals surface area contributed by atoms with Gasteiger partial charge in [0, 0.05) is 45.8 Å². The van der Waals surface area contributed by atoms with Crippen LogP contribution in [0.5, 0.6) is 0 Å². The number of nitrogens with one attached hydrogen (secondary N) is 3. The molecule has 0 aromatic carbocycles. The lowest BCUT2D eigenvalue weighted by atomic mass is 10.4. The Hall–Kier alpha value is -0.570. The molecule has 1 aliphatic rings. The average molecular weight is 398 g/mol. The highest BCUT2D eigenvalue weighted by Gasteiger charge is 2.28. The minimum absolute atomic E-state index is 0. The highest BCUT2D eigenvalue weighted by molar-refractivity contribution is 14.0. The van der Waals surface area contributed by atoms with E-state index in [1.807, 2.05) is 6.92 Å². The molecular formula is C13H27IN4O2. The molecule has 7 heteroatoms. The van der Waals surface area contributed by atoms with Crippen molar-refractivity contribution in [1.29, 1.82) is 0 Å². The Morgan fingerprint density at radius 2 is 1.95 bits per heavy atom. The SMILES string of the molecule is CCNC(=NCCCOC)NCCNC(=O)C1CC1.I. The van der Waals surface area contributed by atoms with E-state index in [1.165, 1.54) is 0 Å². The fourth-order valence-electron chi connectivity index (χ4n) is 1.60. The molecule has 0 radical (unpaired) electrons. The number of carbonyl (C=O) groups excluding carboxylic acids is 1. The second-order valence-electron chi connectivity index (χ2n) is 4.60. The first-order chi connectivity index (χ1) is 9.27. The molecule has 6 nitrogen and oxygen atoms in total. The number of methoxy groups -OCH3 is 1. The average Bonchev–Trinajstić information content (AvgIpc) is 3.23. The van der Waals surface area contributed by atoms with Crippen LogP contribution < -0.4 is 16.0 Å². The molecular weight excluding hydrogens is 371 g/mol. The maximum Gasteiger partial charge on any atom is 0.223 e. The van der Waals surface area contributed by atoms with Crippen LogP contribution in [0.1, 0.15) is 26.2 Å². The van der Waals surface area contributed by atoms with Gasteiger partial charge in [0.25, 0.3) is 0 Å². The summed E-state index contributed by atoms with van der Waals surface area (Å²) in [6.07, 6.45) is 3.00. The summed E-state index contributed by atoms with van der Waals surface area (Å²) >= 11 is 0. The van der Waals surface area contributed by atoms with E-state index in [2.05, 4.69) is 20.9 Å². The van der Waals surface area contributed by atoms with E-state index in [-0.39, 0.29) is 35.8 Å². The first kappa shape index (κ1) is 19.4. The van der Waals surface area contributed by atoms with Crippen LogP contribution in [0.3, 0.4) is 0 Å². The lowest BCUT2D eigenvalue weighted by molar-refractivity contribution is -0.122. The molecule has 1 aliphatic carbocycles. The highest BCUT2D eigenvalue weighted by atomic mass is 127. The second-order valence-corrected chi connectivity index (χ2v) is 4.60. The standard InChI is InChI=1S/C13H26N4O2.HI/c1-3-14-13(16-7-4-10-19-2)17-9-8-15-12(18)11-5-6-11;/h11H,3-10H2,1-2H3,(H,15,18)(H2,14,16,17);1H. The van der Waals surface area contributed by atoms with Crippen LogP contribution in [0.15, 0.2) is 4.99 Å². The molecule has 1 amide bonds. The molecule has 118 valence electrons. The van der Waals surface area contributed by atoms with Crippen molar-refractivity contribution in [2.24, 2.45) is 10.9 Å². The van der Waals surface area contributed by atoms with Gasteiger partial charge in [-0.15, -0.1) is 24.0 Å². The van der Waals surface area contributed by atoms with Gasteiger partial charge >= 0.3 is 0 Å². The molecule has 0 spiro atoms. The maximum absolute atomic E-state index is 11.4. The van der Waals surface area contributed by atoms with E-state index >= 15 is 0 Å². The molecule has 3 N–H and O–H groups in total. The van der Waals surface area contributed by atoms with Crippen LogP contribution >= 0.6 is 24.0 Å². The van der Waals surface area contributed by atoms with E-state index in [0.29, 0.717) is 13.1 Å². The molecule has 0 aromatic rings. The first-order valence-electron chi connectivity index (χ1n) is 7.06. The molecule has 1 fully saturated rings. The Kier molecular flexibility index (Phi) is 11.8. The van der Waals surface area contributed by atoms with Crippen molar-refractivity contribution >= 4 is 35.8 Å². The van der Waals surface area contributed by atoms with Crippen LogP contribution in [0.2, 0.25) is 0 Å². The van der Waals surface area contributed by atoms with Crippen LogP contribution in [0.4, 0.5) is 0 Å². The van der Waals surface area contributed by atoms with Gasteiger partial charge in [-0.1, -0.05) is 0 Å². The molecule has 0 saturated heterocycles. The van der Waals surface area contributed by atoms with Gasteiger partial charge in [-0.3, -0.25) is 9.79 Å². The summed E-state index contributed by atoms with van der Waals surface area (Å²) < 4.78 is 4.98. The van der Waals surface area contributed by atoms with Crippen molar-refractivity contribution in [2.45, 2.75) is 26.2 Å². The molecule has 1 saturated carbocycles. The van der Waals surface area contributed by atoms with Gasteiger partial charge in [-0.2, -0.15) is 0 Å². The van der Waals surface area contributed by atoms with Gasteiger partial charge < -0.3 is 20.7 Å². The summed E-state index contributed by atoms with van der Waals surface area (Å²) in [5.41, 5.74) is 0. The third-order valence-corrected chi connectivity index (χ3v) is 2.79. The van der Waals surface area contributed by atoms with Crippen molar-refractivity contribution in [3.05, 3.63) is 0 Å². The normalized spacial score (nSPS) is 14.4. The first-order valence-corrected chi connectivity index (χ1v) is 7.06. The summed E-state index contributed by atoms with van der Waals surface area (Å²) in [6.45, 7) is 5.64. The van der Waals surface area contributed by atoms with Crippen LogP contribution in [-0.2, 0) is 9.53 Å². The van der Waals surface area contributed by atoms with E-state index in [9.17, 15) is 4.79 Å². The lowest BCUT2D eigenvalue weighted by Gasteiger charge is -2.11. The number of halogens is 1. The predicted octanol–water partition coefficient (Wildman–Crippen LogP) is 0.722. The third kappa shape index (κ3) is 9.35. The van der Waals surface area contributed by atoms with E-state index in [0.717, 1.165) is 44.9 Å². The number of hydrogen-bond acceptors (Lipinski definition) is 3. The zero-order chi connectivity index (χ0) is 13.9. The van der Waals surface area contributed by atoms with Crippen molar-refractivity contribution in [2.75, 3.05) is 39.9 Å². The molecule has 0 heterocycles. The van der Waals surface area contributed by atoms with Crippen molar-refractivity contribution in [3.8, 4) is 0 Å². The van der Waals surface area contributed by atoms with Gasteiger partial charge in [-0.05, 0) is 26.2 Å². The van der Waals surface area contributed by atoms with E-state index < -0.39 is 0 Å². The number of amides is 1. The largest absolute Gasteiger partial charge is 0.385 e. The van der Waals surface area contributed by atoms with Crippen LogP contribution in [0.25, 0.3) is 0 Å². The van der Waals surface area contributed by atoms with Crippen molar-refractivity contribution in [3.63, 3.8) is 0 Å². The van der Waals surface area contributed by atoms with Gasteiger partial charge in [0.15, 0.2) is 5.96 Å². The summed E-state index contributed by atoms with van der Waals surface area (Å²) in [4.78, 5) is 15.8. The lowest BCUT2D eigenvalue weighted by Crippen LogP contribution is -2.41. The Balaban J connectivity index is 0.00000361. The number of ether oxygens (including phenoxy) is 1. The fourth-order valence-corrected chi connectivity index (χ4v) is 1.60. The van der Waals surface area contributed by atoms with Crippen molar-refractivity contribution < 1.29 is 9.53 Å². The molecule has 0 bridgehead atoms. The summed E-state index contributed by atoms with van der Waals surface area (Å²) in [7, 11) is 1.69. The third-order valence-electron chi connectivity index (χ3n) is 2.79. The molecule has 0 unspecified atom stereocenters. The van der Waals surface area contributed by atoms with E-state index in [4.69, 9.17) is 4.74 Å². The van der Waals surface area contributed by atoms with Gasteiger partial charge in [0.05, 0.1) is 0 Å².